The molecule has 1 aliphatic carbocycles. The van der Waals surface area contributed by atoms with Gasteiger partial charge in [-0.3, -0.25) is 10.9 Å². The van der Waals surface area contributed by atoms with Crippen LogP contribution in [0.2, 0.25) is 0 Å². The van der Waals surface area contributed by atoms with Crippen LogP contribution in [0.3, 0.4) is 0 Å². The first-order valence-corrected chi connectivity index (χ1v) is 7.07. The van der Waals surface area contributed by atoms with Gasteiger partial charge in [0.25, 0.3) is 0 Å². The lowest BCUT2D eigenvalue weighted by atomic mass is 10.1. The summed E-state index contributed by atoms with van der Waals surface area (Å²) in [5.41, 5.74) is 9.18. The van der Waals surface area contributed by atoms with Crippen LogP contribution in [0.5, 0.6) is 0 Å². The van der Waals surface area contributed by atoms with Crippen molar-refractivity contribution >= 4 is 40.3 Å². The average molecular weight is 294 g/mol. The number of aryl methyl sites for hydroxylation is 2. The van der Waals surface area contributed by atoms with Crippen molar-refractivity contribution < 1.29 is 0 Å². The van der Waals surface area contributed by atoms with Crippen molar-refractivity contribution in [2.24, 2.45) is 0 Å². The lowest BCUT2D eigenvalue weighted by Crippen LogP contribution is -2.48. The van der Waals surface area contributed by atoms with E-state index in [9.17, 15) is 0 Å². The zero-order chi connectivity index (χ0) is 13.8. The Morgan fingerprint density at radius 1 is 1.05 bits per heavy atom. The highest BCUT2D eigenvalue weighted by Gasteiger charge is 2.21. The third-order valence-corrected chi connectivity index (χ3v) is 3.39. The van der Waals surface area contributed by atoms with Crippen molar-refractivity contribution in [3.8, 4) is 0 Å². The predicted octanol–water partition coefficient (Wildman–Crippen LogP) is 2.13. The number of rotatable bonds is 2. The molecule has 1 saturated carbocycles. The minimum absolute atomic E-state index is 0.489. The Labute approximate surface area is 124 Å². The summed E-state index contributed by atoms with van der Waals surface area (Å²) in [4.78, 5) is 0. The van der Waals surface area contributed by atoms with Gasteiger partial charge >= 0.3 is 0 Å². The fourth-order valence-electron chi connectivity index (χ4n) is 1.54. The molecule has 2 rings (SSSR count). The first-order valence-electron chi connectivity index (χ1n) is 6.25. The molecule has 0 bridgehead atoms. The van der Waals surface area contributed by atoms with Crippen molar-refractivity contribution in [2.45, 2.75) is 32.7 Å². The predicted molar refractivity (Wildman–Crippen MR) is 87.2 cm³/mol. The summed E-state index contributed by atoms with van der Waals surface area (Å²) >= 11 is 10.3. The zero-order valence-corrected chi connectivity index (χ0v) is 12.7. The zero-order valence-electron chi connectivity index (χ0n) is 11.0. The molecule has 0 aromatic heterocycles. The van der Waals surface area contributed by atoms with Gasteiger partial charge in [0.15, 0.2) is 10.2 Å². The maximum absolute atomic E-state index is 5.19. The van der Waals surface area contributed by atoms with E-state index in [0.717, 1.165) is 5.69 Å². The van der Waals surface area contributed by atoms with E-state index in [0.29, 0.717) is 16.3 Å². The molecule has 0 amide bonds. The molecule has 102 valence electrons. The van der Waals surface area contributed by atoms with Gasteiger partial charge in [0.2, 0.25) is 0 Å². The Morgan fingerprint density at radius 2 is 1.74 bits per heavy atom. The van der Waals surface area contributed by atoms with Gasteiger partial charge in [0, 0.05) is 11.7 Å². The Balaban J connectivity index is 1.76. The molecule has 0 aliphatic heterocycles. The molecule has 1 aromatic rings. The second-order valence-electron chi connectivity index (χ2n) is 4.75. The van der Waals surface area contributed by atoms with E-state index in [4.69, 9.17) is 24.4 Å². The minimum atomic E-state index is 0.489. The highest BCUT2D eigenvalue weighted by molar-refractivity contribution is 7.80. The van der Waals surface area contributed by atoms with E-state index in [1.54, 1.807) is 0 Å². The SMILES string of the molecule is Cc1ccc(NC(=S)NNC(=S)NC2CC2)cc1C. The molecule has 0 heterocycles. The maximum atomic E-state index is 5.19. The normalized spacial score (nSPS) is 13.6. The summed E-state index contributed by atoms with van der Waals surface area (Å²) in [6.45, 7) is 4.16. The van der Waals surface area contributed by atoms with E-state index in [2.05, 4.69) is 47.5 Å². The molecule has 0 unspecified atom stereocenters. The average Bonchev–Trinajstić information content (AvgIpc) is 3.15. The minimum Gasteiger partial charge on any atom is -0.359 e. The highest BCUT2D eigenvalue weighted by atomic mass is 32.1. The molecule has 1 aromatic carbocycles. The van der Waals surface area contributed by atoms with Crippen molar-refractivity contribution in [3.05, 3.63) is 29.3 Å². The summed E-state index contributed by atoms with van der Waals surface area (Å²) in [5.74, 6) is 0. The Morgan fingerprint density at radius 3 is 2.37 bits per heavy atom. The van der Waals surface area contributed by atoms with Gasteiger partial charge in [0.05, 0.1) is 0 Å². The van der Waals surface area contributed by atoms with Crippen LogP contribution in [0.4, 0.5) is 5.69 Å². The summed E-state index contributed by atoms with van der Waals surface area (Å²) in [6, 6.07) is 6.65. The van der Waals surface area contributed by atoms with Crippen LogP contribution in [0, 0.1) is 13.8 Å². The quantitative estimate of drug-likeness (QED) is 0.495. The fraction of sp³-hybridized carbons (Fsp3) is 0.385. The second-order valence-corrected chi connectivity index (χ2v) is 5.57. The Kier molecular flexibility index (Phi) is 4.55. The standard InChI is InChI=1S/C13H18N4S2/c1-8-3-4-11(7-9(8)2)15-13(19)17-16-12(18)14-10-5-6-10/h3-4,7,10H,5-6H2,1-2H3,(H2,14,16,18)(H2,15,17,19). The molecule has 0 spiro atoms. The molecule has 19 heavy (non-hydrogen) atoms. The number of benzene rings is 1. The van der Waals surface area contributed by atoms with Crippen LogP contribution < -0.4 is 21.5 Å². The fourth-order valence-corrected chi connectivity index (χ4v) is 1.93. The van der Waals surface area contributed by atoms with Crippen molar-refractivity contribution in [2.75, 3.05) is 5.32 Å². The van der Waals surface area contributed by atoms with Crippen molar-refractivity contribution in [3.63, 3.8) is 0 Å². The van der Waals surface area contributed by atoms with E-state index < -0.39 is 0 Å². The van der Waals surface area contributed by atoms with E-state index in [1.807, 2.05) is 6.07 Å². The number of hydrazine groups is 1. The van der Waals surface area contributed by atoms with Crippen LogP contribution in [-0.4, -0.2) is 16.3 Å². The van der Waals surface area contributed by atoms with Crippen LogP contribution in [-0.2, 0) is 0 Å². The Hall–Kier alpha value is -1.40. The van der Waals surface area contributed by atoms with Gasteiger partial charge in [0.1, 0.15) is 0 Å². The summed E-state index contributed by atoms with van der Waals surface area (Å²) in [6.07, 6.45) is 2.38. The molecule has 4 N–H and O–H groups in total. The highest BCUT2D eigenvalue weighted by Crippen LogP contribution is 2.18. The van der Waals surface area contributed by atoms with Gasteiger partial charge in [-0.05, 0) is 74.4 Å². The van der Waals surface area contributed by atoms with Gasteiger partial charge in [-0.25, -0.2) is 0 Å². The van der Waals surface area contributed by atoms with Gasteiger partial charge in [-0.1, -0.05) is 6.07 Å². The van der Waals surface area contributed by atoms with Crippen molar-refractivity contribution in [1.29, 1.82) is 0 Å². The van der Waals surface area contributed by atoms with Gasteiger partial charge in [-0.15, -0.1) is 0 Å². The smallest absolute Gasteiger partial charge is 0.189 e. The first kappa shape index (κ1) is 14.0. The molecule has 1 aliphatic rings. The maximum Gasteiger partial charge on any atom is 0.189 e. The lowest BCUT2D eigenvalue weighted by Gasteiger charge is -2.14. The van der Waals surface area contributed by atoms with Crippen LogP contribution >= 0.6 is 24.4 Å². The second kappa shape index (κ2) is 6.16. The summed E-state index contributed by atoms with van der Waals surface area (Å²) < 4.78 is 0. The van der Waals surface area contributed by atoms with Crippen LogP contribution in [0.15, 0.2) is 18.2 Å². The van der Waals surface area contributed by atoms with Crippen molar-refractivity contribution in [1.82, 2.24) is 16.2 Å². The molecule has 6 heteroatoms. The van der Waals surface area contributed by atoms with Crippen LogP contribution in [0.25, 0.3) is 0 Å². The Bertz CT molecular complexity index is 497. The topological polar surface area (TPSA) is 48.1 Å². The van der Waals surface area contributed by atoms with Gasteiger partial charge in [-0.2, -0.15) is 0 Å². The summed E-state index contributed by atoms with van der Waals surface area (Å²) in [7, 11) is 0. The number of thiocarbonyl (C=S) groups is 2. The van der Waals surface area contributed by atoms with Gasteiger partial charge < -0.3 is 10.6 Å². The molecular formula is C13H18N4S2. The molecule has 0 saturated heterocycles. The van der Waals surface area contributed by atoms with Crippen LogP contribution in [0.1, 0.15) is 24.0 Å². The molecular weight excluding hydrogens is 276 g/mol. The van der Waals surface area contributed by atoms with E-state index >= 15 is 0 Å². The van der Waals surface area contributed by atoms with E-state index in [1.165, 1.54) is 24.0 Å². The number of nitrogens with one attached hydrogen (secondary N) is 4. The molecule has 0 radical (unpaired) electrons. The molecule has 1 fully saturated rings. The number of hydrogen-bond donors (Lipinski definition) is 4. The largest absolute Gasteiger partial charge is 0.359 e. The third kappa shape index (κ3) is 4.65. The first-order chi connectivity index (χ1) is 9.04. The number of anilines is 1. The van der Waals surface area contributed by atoms with E-state index in [-0.39, 0.29) is 0 Å². The molecule has 0 atom stereocenters. The third-order valence-electron chi connectivity index (χ3n) is 2.97. The lowest BCUT2D eigenvalue weighted by molar-refractivity contribution is 0.805. The number of hydrogen-bond acceptors (Lipinski definition) is 2. The monoisotopic (exact) mass is 294 g/mol. The summed E-state index contributed by atoms with van der Waals surface area (Å²) in [5, 5.41) is 7.33. The molecule has 4 nitrogen and oxygen atoms in total.